The van der Waals surface area contributed by atoms with Gasteiger partial charge in [-0.05, 0) is 37.3 Å². The maximum atomic E-state index is 12.1. The zero-order valence-electron chi connectivity index (χ0n) is 14.8. The molecule has 0 aliphatic heterocycles. The SMILES string of the molecule is Cc1cc(CSCC(=O)N[C@H](C)c2ccc(CC(C)C)cc2)on1. The van der Waals surface area contributed by atoms with Crippen molar-refractivity contribution in [3.8, 4) is 0 Å². The van der Waals surface area contributed by atoms with Crippen molar-refractivity contribution in [1.82, 2.24) is 10.5 Å². The number of aryl methyl sites for hydroxylation is 1. The van der Waals surface area contributed by atoms with Gasteiger partial charge in [0.1, 0.15) is 5.76 Å². The molecule has 0 aliphatic rings. The molecule has 24 heavy (non-hydrogen) atoms. The zero-order valence-corrected chi connectivity index (χ0v) is 15.7. The van der Waals surface area contributed by atoms with Crippen LogP contribution in [0.25, 0.3) is 0 Å². The largest absolute Gasteiger partial charge is 0.360 e. The highest BCUT2D eigenvalue weighted by molar-refractivity contribution is 7.99. The standard InChI is InChI=1S/C19H26N2O2S/c1-13(2)9-16-5-7-17(8-6-16)15(4)20-19(22)12-24-11-18-10-14(3)21-23-18/h5-8,10,13,15H,9,11-12H2,1-4H3,(H,20,22)/t15-/m1/s1. The summed E-state index contributed by atoms with van der Waals surface area (Å²) in [4.78, 5) is 12.1. The second-order valence-corrected chi connectivity index (χ2v) is 7.54. The Bertz CT molecular complexity index is 650. The van der Waals surface area contributed by atoms with Gasteiger partial charge in [-0.2, -0.15) is 0 Å². The number of nitrogens with one attached hydrogen (secondary N) is 1. The summed E-state index contributed by atoms with van der Waals surface area (Å²) in [5.41, 5.74) is 3.33. The Hall–Kier alpha value is -1.75. The van der Waals surface area contributed by atoms with Gasteiger partial charge in [0.05, 0.1) is 23.2 Å². The van der Waals surface area contributed by atoms with E-state index in [1.165, 1.54) is 17.3 Å². The molecule has 1 N–H and O–H groups in total. The molecule has 1 amide bonds. The average Bonchev–Trinajstić information content (AvgIpc) is 2.92. The highest BCUT2D eigenvalue weighted by atomic mass is 32.2. The Morgan fingerprint density at radius 1 is 1.25 bits per heavy atom. The first-order valence-corrected chi connectivity index (χ1v) is 9.47. The number of thioether (sulfide) groups is 1. The Morgan fingerprint density at radius 2 is 1.96 bits per heavy atom. The minimum absolute atomic E-state index is 0.0127. The van der Waals surface area contributed by atoms with Gasteiger partial charge in [-0.15, -0.1) is 11.8 Å². The van der Waals surface area contributed by atoms with Crippen molar-refractivity contribution in [3.05, 3.63) is 52.9 Å². The van der Waals surface area contributed by atoms with Crippen LogP contribution in [-0.2, 0) is 17.0 Å². The van der Waals surface area contributed by atoms with E-state index < -0.39 is 0 Å². The molecule has 0 fully saturated rings. The van der Waals surface area contributed by atoms with Crippen LogP contribution in [0.2, 0.25) is 0 Å². The third kappa shape index (κ3) is 6.04. The molecule has 0 radical (unpaired) electrons. The number of benzene rings is 1. The monoisotopic (exact) mass is 346 g/mol. The Kier molecular flexibility index (Phi) is 6.91. The van der Waals surface area contributed by atoms with Crippen molar-refractivity contribution >= 4 is 17.7 Å². The molecule has 5 heteroatoms. The summed E-state index contributed by atoms with van der Waals surface area (Å²) in [5, 5.41) is 6.88. The van der Waals surface area contributed by atoms with Crippen molar-refractivity contribution in [2.75, 3.05) is 5.75 Å². The number of rotatable bonds is 8. The van der Waals surface area contributed by atoms with Crippen LogP contribution in [0.5, 0.6) is 0 Å². The van der Waals surface area contributed by atoms with E-state index in [2.05, 4.69) is 48.6 Å². The number of aromatic nitrogens is 1. The number of carbonyl (C=O) groups excluding carboxylic acids is 1. The van der Waals surface area contributed by atoms with Gasteiger partial charge < -0.3 is 9.84 Å². The second-order valence-electron chi connectivity index (χ2n) is 6.56. The van der Waals surface area contributed by atoms with Crippen molar-refractivity contribution < 1.29 is 9.32 Å². The topological polar surface area (TPSA) is 55.1 Å². The van der Waals surface area contributed by atoms with Gasteiger partial charge in [-0.25, -0.2) is 0 Å². The van der Waals surface area contributed by atoms with Crippen molar-refractivity contribution in [1.29, 1.82) is 0 Å². The molecule has 1 atom stereocenters. The summed E-state index contributed by atoms with van der Waals surface area (Å²) in [5.74, 6) is 2.56. The molecule has 1 heterocycles. The van der Waals surface area contributed by atoms with E-state index in [9.17, 15) is 4.79 Å². The Labute approximate surface area is 148 Å². The Morgan fingerprint density at radius 3 is 2.54 bits per heavy atom. The minimum atomic E-state index is 0.0127. The quantitative estimate of drug-likeness (QED) is 0.774. The van der Waals surface area contributed by atoms with Crippen LogP contribution >= 0.6 is 11.8 Å². The average molecular weight is 346 g/mol. The predicted molar refractivity (Wildman–Crippen MR) is 98.9 cm³/mol. The molecule has 130 valence electrons. The summed E-state index contributed by atoms with van der Waals surface area (Å²) in [6, 6.07) is 10.4. The molecule has 0 saturated heterocycles. The lowest BCUT2D eigenvalue weighted by Gasteiger charge is -2.15. The van der Waals surface area contributed by atoms with Crippen LogP contribution in [0.4, 0.5) is 0 Å². The first kappa shape index (κ1) is 18.6. The third-order valence-electron chi connectivity index (χ3n) is 3.66. The normalized spacial score (nSPS) is 12.4. The van der Waals surface area contributed by atoms with Gasteiger partial charge in [0, 0.05) is 6.07 Å². The lowest BCUT2D eigenvalue weighted by molar-refractivity contribution is -0.119. The van der Waals surface area contributed by atoms with Gasteiger partial charge in [-0.3, -0.25) is 4.79 Å². The van der Waals surface area contributed by atoms with Crippen LogP contribution in [-0.4, -0.2) is 16.8 Å². The summed E-state index contributed by atoms with van der Waals surface area (Å²) in [7, 11) is 0. The van der Waals surface area contributed by atoms with Crippen LogP contribution in [0.3, 0.4) is 0 Å². The predicted octanol–water partition coefficient (Wildman–Crippen LogP) is 4.29. The maximum absolute atomic E-state index is 12.1. The van der Waals surface area contributed by atoms with Crippen LogP contribution < -0.4 is 5.32 Å². The molecule has 0 saturated carbocycles. The van der Waals surface area contributed by atoms with E-state index in [-0.39, 0.29) is 11.9 Å². The minimum Gasteiger partial charge on any atom is -0.360 e. The molecule has 0 bridgehead atoms. The molecule has 1 aromatic carbocycles. The Balaban J connectivity index is 1.76. The van der Waals surface area contributed by atoms with Gasteiger partial charge >= 0.3 is 0 Å². The van der Waals surface area contributed by atoms with Gasteiger partial charge in [0.2, 0.25) is 5.91 Å². The lowest BCUT2D eigenvalue weighted by Crippen LogP contribution is -2.28. The van der Waals surface area contributed by atoms with Gasteiger partial charge in [0.15, 0.2) is 0 Å². The smallest absolute Gasteiger partial charge is 0.230 e. The van der Waals surface area contributed by atoms with E-state index in [0.717, 1.165) is 23.4 Å². The van der Waals surface area contributed by atoms with Gasteiger partial charge in [0.25, 0.3) is 0 Å². The number of hydrogen-bond donors (Lipinski definition) is 1. The lowest BCUT2D eigenvalue weighted by atomic mass is 10.00. The summed E-state index contributed by atoms with van der Waals surface area (Å²) in [6.45, 7) is 8.33. The molecule has 1 aromatic heterocycles. The van der Waals surface area contributed by atoms with Crippen molar-refractivity contribution in [3.63, 3.8) is 0 Å². The molecule has 0 aliphatic carbocycles. The molecule has 4 nitrogen and oxygen atoms in total. The summed E-state index contributed by atoms with van der Waals surface area (Å²) in [6.07, 6.45) is 1.08. The summed E-state index contributed by atoms with van der Waals surface area (Å²) >= 11 is 1.53. The van der Waals surface area contributed by atoms with Crippen molar-refractivity contribution in [2.45, 2.75) is 45.9 Å². The fraction of sp³-hybridized carbons (Fsp3) is 0.474. The highest BCUT2D eigenvalue weighted by Gasteiger charge is 2.10. The number of hydrogen-bond acceptors (Lipinski definition) is 4. The first-order chi connectivity index (χ1) is 11.4. The van der Waals surface area contributed by atoms with E-state index in [0.29, 0.717) is 17.4 Å². The molecule has 0 unspecified atom stereocenters. The molecular weight excluding hydrogens is 320 g/mol. The van der Waals surface area contributed by atoms with Crippen molar-refractivity contribution in [2.24, 2.45) is 5.92 Å². The van der Waals surface area contributed by atoms with E-state index >= 15 is 0 Å². The molecule has 2 rings (SSSR count). The second kappa shape index (κ2) is 8.92. The molecule has 2 aromatic rings. The first-order valence-electron chi connectivity index (χ1n) is 8.32. The van der Waals surface area contributed by atoms with E-state index in [4.69, 9.17) is 4.52 Å². The van der Waals surface area contributed by atoms with Gasteiger partial charge in [-0.1, -0.05) is 43.3 Å². The third-order valence-corrected chi connectivity index (χ3v) is 4.61. The number of amides is 1. The van der Waals surface area contributed by atoms with Crippen LogP contribution in [0, 0.1) is 12.8 Å². The van der Waals surface area contributed by atoms with E-state index in [1.54, 1.807) is 0 Å². The molecular formula is C19H26N2O2S. The highest BCUT2D eigenvalue weighted by Crippen LogP contribution is 2.17. The van der Waals surface area contributed by atoms with Crippen LogP contribution in [0.15, 0.2) is 34.9 Å². The fourth-order valence-corrected chi connectivity index (χ4v) is 3.22. The summed E-state index contributed by atoms with van der Waals surface area (Å²) < 4.78 is 5.13. The fourth-order valence-electron chi connectivity index (χ4n) is 2.51. The number of carbonyl (C=O) groups is 1. The maximum Gasteiger partial charge on any atom is 0.230 e. The van der Waals surface area contributed by atoms with Crippen LogP contribution in [0.1, 0.15) is 49.4 Å². The zero-order chi connectivity index (χ0) is 17.5. The number of nitrogens with zero attached hydrogens (tertiary/aromatic N) is 1. The van der Waals surface area contributed by atoms with E-state index in [1.807, 2.05) is 19.9 Å². The molecule has 0 spiro atoms.